The van der Waals surface area contributed by atoms with Crippen LogP contribution in [-0.2, 0) is 6.42 Å². The maximum Gasteiger partial charge on any atom is 0.251 e. The second-order valence-corrected chi connectivity index (χ2v) is 5.20. The number of halogens is 1. The monoisotopic (exact) mass is 301 g/mol. The number of hydrogen-bond donors (Lipinski definition) is 2. The van der Waals surface area contributed by atoms with Crippen LogP contribution in [-0.4, -0.2) is 24.2 Å². The van der Waals surface area contributed by atoms with Crippen molar-refractivity contribution in [1.29, 1.82) is 0 Å². The summed E-state index contributed by atoms with van der Waals surface area (Å²) in [5.41, 5.74) is 2.17. The quantitative estimate of drug-likeness (QED) is 0.910. The second kappa shape index (κ2) is 6.15. The average Bonchev–Trinajstić information content (AvgIpc) is 3.00. The summed E-state index contributed by atoms with van der Waals surface area (Å²) >= 11 is 0. The molecule has 0 spiro atoms. The van der Waals surface area contributed by atoms with Crippen LogP contribution in [0.3, 0.4) is 0 Å². The minimum atomic E-state index is -0.796. The van der Waals surface area contributed by atoms with Gasteiger partial charge in [0.2, 0.25) is 0 Å². The molecule has 114 valence electrons. The van der Waals surface area contributed by atoms with Crippen LogP contribution >= 0.6 is 0 Å². The SMILES string of the molecule is O=C(NCC(O)c1ccc2c(c1)CCO2)c1ccc(F)cc1. The molecule has 0 aromatic heterocycles. The van der Waals surface area contributed by atoms with Crippen molar-refractivity contribution in [2.24, 2.45) is 0 Å². The second-order valence-electron chi connectivity index (χ2n) is 5.20. The van der Waals surface area contributed by atoms with E-state index >= 15 is 0 Å². The maximum atomic E-state index is 12.8. The molecule has 1 atom stereocenters. The van der Waals surface area contributed by atoms with E-state index in [2.05, 4.69) is 5.32 Å². The topological polar surface area (TPSA) is 58.6 Å². The van der Waals surface area contributed by atoms with Crippen molar-refractivity contribution in [1.82, 2.24) is 5.32 Å². The molecule has 2 N–H and O–H groups in total. The highest BCUT2D eigenvalue weighted by molar-refractivity contribution is 5.94. The Bertz CT molecular complexity index is 685. The standard InChI is InChI=1S/C17H16FNO3/c18-14-4-1-11(2-5-14)17(21)19-10-15(20)12-3-6-16-13(9-12)7-8-22-16/h1-6,9,15,20H,7-8,10H2,(H,19,21). The van der Waals surface area contributed by atoms with Gasteiger partial charge < -0.3 is 15.2 Å². The van der Waals surface area contributed by atoms with Crippen molar-refractivity contribution in [3.63, 3.8) is 0 Å². The van der Waals surface area contributed by atoms with Gasteiger partial charge in [-0.15, -0.1) is 0 Å². The zero-order chi connectivity index (χ0) is 15.5. The normalized spacial score (nSPS) is 14.1. The first kappa shape index (κ1) is 14.5. The number of nitrogens with one attached hydrogen (secondary N) is 1. The van der Waals surface area contributed by atoms with Gasteiger partial charge in [0.15, 0.2) is 0 Å². The average molecular weight is 301 g/mol. The van der Waals surface area contributed by atoms with E-state index < -0.39 is 11.9 Å². The number of fused-ring (bicyclic) bond motifs is 1. The molecule has 3 rings (SSSR count). The van der Waals surface area contributed by atoms with Crippen LogP contribution in [0.5, 0.6) is 5.75 Å². The highest BCUT2D eigenvalue weighted by Crippen LogP contribution is 2.28. The van der Waals surface area contributed by atoms with Gasteiger partial charge in [-0.05, 0) is 47.5 Å². The molecule has 0 radical (unpaired) electrons. The number of carbonyl (C=O) groups excluding carboxylic acids is 1. The number of carbonyl (C=O) groups is 1. The van der Waals surface area contributed by atoms with Crippen LogP contribution in [0.15, 0.2) is 42.5 Å². The Balaban J connectivity index is 1.61. The van der Waals surface area contributed by atoms with Crippen LogP contribution in [0.1, 0.15) is 27.6 Å². The van der Waals surface area contributed by atoms with Crippen LogP contribution in [0, 0.1) is 5.82 Å². The third-order valence-electron chi connectivity index (χ3n) is 3.66. The summed E-state index contributed by atoms with van der Waals surface area (Å²) in [5, 5.41) is 12.8. The van der Waals surface area contributed by atoms with Gasteiger partial charge in [0, 0.05) is 18.5 Å². The molecule has 0 saturated carbocycles. The molecule has 1 amide bonds. The smallest absolute Gasteiger partial charge is 0.251 e. The van der Waals surface area contributed by atoms with E-state index in [1.807, 2.05) is 12.1 Å². The van der Waals surface area contributed by atoms with Crippen LogP contribution in [0.25, 0.3) is 0 Å². The number of amides is 1. The maximum absolute atomic E-state index is 12.8. The first-order chi connectivity index (χ1) is 10.6. The summed E-state index contributed by atoms with van der Waals surface area (Å²) in [6.07, 6.45) is 0.0352. The van der Waals surface area contributed by atoms with Gasteiger partial charge in [0.1, 0.15) is 11.6 Å². The van der Waals surface area contributed by atoms with E-state index in [1.54, 1.807) is 6.07 Å². The van der Waals surface area contributed by atoms with Gasteiger partial charge in [-0.2, -0.15) is 0 Å². The van der Waals surface area contributed by atoms with Crippen molar-refractivity contribution in [2.75, 3.05) is 13.2 Å². The van der Waals surface area contributed by atoms with Gasteiger partial charge in [-0.25, -0.2) is 4.39 Å². The highest BCUT2D eigenvalue weighted by Gasteiger charge is 2.16. The molecule has 0 saturated heterocycles. The minimum Gasteiger partial charge on any atom is -0.493 e. The number of benzene rings is 2. The van der Waals surface area contributed by atoms with E-state index in [9.17, 15) is 14.3 Å². The minimum absolute atomic E-state index is 0.0931. The first-order valence-corrected chi connectivity index (χ1v) is 7.11. The molecule has 2 aromatic carbocycles. The van der Waals surface area contributed by atoms with E-state index in [-0.39, 0.29) is 12.5 Å². The van der Waals surface area contributed by atoms with Crippen molar-refractivity contribution in [3.8, 4) is 5.75 Å². The summed E-state index contributed by atoms with van der Waals surface area (Å²) < 4.78 is 18.2. The van der Waals surface area contributed by atoms with Gasteiger partial charge >= 0.3 is 0 Å². The molecule has 4 nitrogen and oxygen atoms in total. The highest BCUT2D eigenvalue weighted by atomic mass is 19.1. The number of rotatable bonds is 4. The third kappa shape index (κ3) is 3.09. The first-order valence-electron chi connectivity index (χ1n) is 7.11. The molecule has 0 aliphatic carbocycles. The molecule has 1 heterocycles. The van der Waals surface area contributed by atoms with Gasteiger partial charge in [-0.1, -0.05) is 6.07 Å². The fraction of sp³-hybridized carbons (Fsp3) is 0.235. The summed E-state index contributed by atoms with van der Waals surface area (Å²) in [6, 6.07) is 10.8. The Morgan fingerprint density at radius 2 is 2.05 bits per heavy atom. The van der Waals surface area contributed by atoms with E-state index in [1.165, 1.54) is 24.3 Å². The Hall–Kier alpha value is -2.40. The fourth-order valence-corrected chi connectivity index (χ4v) is 2.42. The number of aliphatic hydroxyl groups excluding tert-OH is 1. The van der Waals surface area contributed by atoms with Crippen molar-refractivity contribution in [2.45, 2.75) is 12.5 Å². The molecule has 1 aliphatic rings. The van der Waals surface area contributed by atoms with E-state index in [4.69, 9.17) is 4.74 Å². The van der Waals surface area contributed by atoms with E-state index in [0.29, 0.717) is 12.2 Å². The molecule has 1 unspecified atom stereocenters. The van der Waals surface area contributed by atoms with Crippen molar-refractivity contribution >= 4 is 5.91 Å². The Morgan fingerprint density at radius 3 is 2.82 bits per heavy atom. The molecule has 0 bridgehead atoms. The lowest BCUT2D eigenvalue weighted by molar-refractivity contribution is 0.0916. The van der Waals surface area contributed by atoms with Crippen LogP contribution in [0.4, 0.5) is 4.39 Å². The lowest BCUT2D eigenvalue weighted by atomic mass is 10.0. The van der Waals surface area contributed by atoms with Crippen LogP contribution in [0.2, 0.25) is 0 Å². The zero-order valence-electron chi connectivity index (χ0n) is 11.9. The zero-order valence-corrected chi connectivity index (χ0v) is 11.9. The largest absolute Gasteiger partial charge is 0.493 e. The lowest BCUT2D eigenvalue weighted by Crippen LogP contribution is -2.28. The fourth-order valence-electron chi connectivity index (χ4n) is 2.42. The molecule has 5 heteroatoms. The summed E-state index contributed by atoms with van der Waals surface area (Å²) in [6.45, 7) is 0.756. The van der Waals surface area contributed by atoms with Crippen molar-refractivity contribution in [3.05, 3.63) is 65.0 Å². The van der Waals surface area contributed by atoms with Crippen LogP contribution < -0.4 is 10.1 Å². The molecule has 1 aliphatic heterocycles. The molecule has 22 heavy (non-hydrogen) atoms. The lowest BCUT2D eigenvalue weighted by Gasteiger charge is -2.13. The Labute approximate surface area is 127 Å². The summed E-state index contributed by atoms with van der Waals surface area (Å²) in [7, 11) is 0. The number of aliphatic hydroxyl groups is 1. The Kier molecular flexibility index (Phi) is 4.06. The van der Waals surface area contributed by atoms with Gasteiger partial charge in [-0.3, -0.25) is 4.79 Å². The van der Waals surface area contributed by atoms with Gasteiger partial charge in [0.05, 0.1) is 12.7 Å². The summed E-state index contributed by atoms with van der Waals surface area (Å²) in [5.74, 6) is 0.117. The molecule has 2 aromatic rings. The molecule has 0 fully saturated rings. The third-order valence-corrected chi connectivity index (χ3v) is 3.66. The van der Waals surface area contributed by atoms with Crippen molar-refractivity contribution < 1.29 is 19.0 Å². The number of hydrogen-bond acceptors (Lipinski definition) is 3. The Morgan fingerprint density at radius 1 is 1.27 bits per heavy atom. The molecular weight excluding hydrogens is 285 g/mol. The molecular formula is C17H16FNO3. The summed E-state index contributed by atoms with van der Waals surface area (Å²) in [4.78, 5) is 11.9. The predicted octanol–water partition coefficient (Wildman–Crippen LogP) is 2.22. The van der Waals surface area contributed by atoms with Gasteiger partial charge in [0.25, 0.3) is 5.91 Å². The number of ether oxygens (including phenoxy) is 1. The van der Waals surface area contributed by atoms with E-state index in [0.717, 1.165) is 23.3 Å². The predicted molar refractivity (Wildman–Crippen MR) is 79.3 cm³/mol.